The molecular formula is C23H26N2O4S. The van der Waals surface area contributed by atoms with E-state index in [1.165, 1.54) is 18.2 Å². The molecule has 0 radical (unpaired) electrons. The number of aryl methyl sites for hydroxylation is 1. The normalized spacial score (nSPS) is 16.3. The summed E-state index contributed by atoms with van der Waals surface area (Å²) in [5, 5.41) is 5.71. The summed E-state index contributed by atoms with van der Waals surface area (Å²) >= 11 is 1.28. The predicted octanol–water partition coefficient (Wildman–Crippen LogP) is 4.74. The first-order valence-corrected chi connectivity index (χ1v) is 11.4. The number of rotatable bonds is 6. The van der Waals surface area contributed by atoms with Gasteiger partial charge in [-0.3, -0.25) is 9.59 Å². The van der Waals surface area contributed by atoms with Gasteiger partial charge in [-0.25, -0.2) is 0 Å². The maximum Gasteiger partial charge on any atom is 0.251 e. The largest absolute Gasteiger partial charge is 0.448 e. The molecule has 2 N–H and O–H groups in total. The van der Waals surface area contributed by atoms with Crippen LogP contribution in [0.4, 0.5) is 11.4 Å². The lowest BCUT2D eigenvalue weighted by Gasteiger charge is -2.31. The maximum atomic E-state index is 12.3. The molecule has 0 atom stereocenters. The van der Waals surface area contributed by atoms with Gasteiger partial charge in [0.1, 0.15) is 0 Å². The summed E-state index contributed by atoms with van der Waals surface area (Å²) in [7, 11) is 0. The smallest absolute Gasteiger partial charge is 0.251 e. The number of thioether (sulfide) groups is 1. The highest BCUT2D eigenvalue weighted by molar-refractivity contribution is 8.00. The van der Waals surface area contributed by atoms with Crippen LogP contribution in [0.3, 0.4) is 0 Å². The second-order valence-corrected chi connectivity index (χ2v) is 8.78. The minimum absolute atomic E-state index is 0.126. The van der Waals surface area contributed by atoms with Crippen LogP contribution in [0, 0.1) is 6.92 Å². The minimum atomic E-state index is -0.524. The van der Waals surface area contributed by atoms with Crippen molar-refractivity contribution in [2.24, 2.45) is 0 Å². The van der Waals surface area contributed by atoms with Crippen LogP contribution in [-0.2, 0) is 9.59 Å². The molecule has 1 saturated carbocycles. The molecule has 7 heteroatoms. The number of anilines is 2. The summed E-state index contributed by atoms with van der Waals surface area (Å²) in [5.74, 6) is 1.01. The molecule has 6 nitrogen and oxygen atoms in total. The molecule has 158 valence electrons. The highest BCUT2D eigenvalue weighted by Gasteiger charge is 2.42. The van der Waals surface area contributed by atoms with Crippen LogP contribution in [0.1, 0.15) is 37.7 Å². The monoisotopic (exact) mass is 426 g/mol. The van der Waals surface area contributed by atoms with Crippen LogP contribution in [0.15, 0.2) is 42.5 Å². The Morgan fingerprint density at radius 1 is 0.900 bits per heavy atom. The average Bonchev–Trinajstić information content (AvgIpc) is 3.05. The average molecular weight is 427 g/mol. The summed E-state index contributed by atoms with van der Waals surface area (Å²) in [6.07, 6.45) is 5.21. The highest BCUT2D eigenvalue weighted by atomic mass is 32.2. The van der Waals surface area contributed by atoms with Gasteiger partial charge in [-0.15, -0.1) is 11.8 Å². The first kappa shape index (κ1) is 20.6. The van der Waals surface area contributed by atoms with Gasteiger partial charge in [0.15, 0.2) is 11.5 Å². The molecule has 0 aromatic heterocycles. The first-order valence-electron chi connectivity index (χ1n) is 10.3. The van der Waals surface area contributed by atoms with Crippen LogP contribution in [0.2, 0.25) is 0 Å². The molecule has 0 unspecified atom stereocenters. The molecule has 2 aliphatic rings. The van der Waals surface area contributed by atoms with Crippen molar-refractivity contribution in [1.29, 1.82) is 0 Å². The van der Waals surface area contributed by atoms with Crippen LogP contribution in [0.25, 0.3) is 0 Å². The number of amides is 2. The fourth-order valence-corrected chi connectivity index (χ4v) is 4.44. The Labute approximate surface area is 180 Å². The van der Waals surface area contributed by atoms with Crippen molar-refractivity contribution >= 4 is 35.0 Å². The Morgan fingerprint density at radius 2 is 1.57 bits per heavy atom. The Morgan fingerprint density at radius 3 is 2.27 bits per heavy atom. The van der Waals surface area contributed by atoms with Gasteiger partial charge in [-0.05, 0) is 49.6 Å². The van der Waals surface area contributed by atoms with Gasteiger partial charge in [-0.2, -0.15) is 0 Å². The van der Waals surface area contributed by atoms with E-state index in [9.17, 15) is 9.59 Å². The van der Waals surface area contributed by atoms with Gasteiger partial charge in [0.2, 0.25) is 11.8 Å². The van der Waals surface area contributed by atoms with Crippen LogP contribution < -0.4 is 20.1 Å². The number of benzene rings is 2. The summed E-state index contributed by atoms with van der Waals surface area (Å²) in [5.41, 5.74) is 2.51. The van der Waals surface area contributed by atoms with E-state index in [0.29, 0.717) is 11.4 Å². The van der Waals surface area contributed by atoms with E-state index >= 15 is 0 Å². The SMILES string of the molecule is Cc1cccc(NC(=O)CSCC(=O)Nc2ccc3c(c2)OC2(CCCCC2)O3)c1. The number of fused-ring (bicyclic) bond motifs is 1. The predicted molar refractivity (Wildman–Crippen MR) is 119 cm³/mol. The van der Waals surface area contributed by atoms with Crippen LogP contribution in [-0.4, -0.2) is 29.1 Å². The topological polar surface area (TPSA) is 76.7 Å². The number of carbonyl (C=O) groups is 2. The van der Waals surface area contributed by atoms with E-state index in [-0.39, 0.29) is 23.3 Å². The molecule has 2 aromatic carbocycles. The van der Waals surface area contributed by atoms with Gasteiger partial charge in [-0.1, -0.05) is 18.6 Å². The molecule has 2 amide bonds. The molecule has 2 aromatic rings. The Hall–Kier alpha value is -2.67. The minimum Gasteiger partial charge on any atom is -0.448 e. The number of ether oxygens (including phenoxy) is 2. The number of nitrogens with one attached hydrogen (secondary N) is 2. The quantitative estimate of drug-likeness (QED) is 0.698. The zero-order valence-electron chi connectivity index (χ0n) is 17.0. The van der Waals surface area contributed by atoms with Crippen molar-refractivity contribution in [3.05, 3.63) is 48.0 Å². The van der Waals surface area contributed by atoms with Crippen molar-refractivity contribution in [2.75, 3.05) is 22.1 Å². The van der Waals surface area contributed by atoms with Crippen molar-refractivity contribution in [3.63, 3.8) is 0 Å². The molecule has 1 heterocycles. The molecule has 1 aliphatic heterocycles. The van der Waals surface area contributed by atoms with Crippen LogP contribution in [0.5, 0.6) is 11.5 Å². The standard InChI is InChI=1S/C23H26N2O4S/c1-16-6-5-7-17(12-16)24-21(26)14-30-15-22(27)25-18-8-9-19-20(13-18)29-23(28-19)10-3-2-4-11-23/h5-9,12-13H,2-4,10-11,14-15H2,1H3,(H,24,26)(H,25,27). The van der Waals surface area contributed by atoms with Gasteiger partial charge < -0.3 is 20.1 Å². The molecular weight excluding hydrogens is 400 g/mol. The zero-order chi connectivity index (χ0) is 21.0. The van der Waals surface area contributed by atoms with Crippen LogP contribution >= 0.6 is 11.8 Å². The lowest BCUT2D eigenvalue weighted by Crippen LogP contribution is -2.40. The van der Waals surface area contributed by atoms with Gasteiger partial charge >= 0.3 is 0 Å². The fourth-order valence-electron chi connectivity index (χ4n) is 3.82. The third-order valence-corrected chi connectivity index (χ3v) is 6.14. The Bertz CT molecular complexity index is 941. The summed E-state index contributed by atoms with van der Waals surface area (Å²) in [6.45, 7) is 1.97. The molecule has 1 aliphatic carbocycles. The molecule has 0 bridgehead atoms. The van der Waals surface area contributed by atoms with Crippen molar-refractivity contribution in [3.8, 4) is 11.5 Å². The lowest BCUT2D eigenvalue weighted by atomic mass is 9.94. The Kier molecular flexibility index (Phi) is 6.18. The molecule has 4 rings (SSSR count). The molecule has 1 spiro atoms. The van der Waals surface area contributed by atoms with E-state index in [2.05, 4.69) is 10.6 Å². The lowest BCUT2D eigenvalue weighted by molar-refractivity contribution is -0.114. The van der Waals surface area contributed by atoms with E-state index in [1.54, 1.807) is 0 Å². The molecule has 1 fully saturated rings. The zero-order valence-corrected chi connectivity index (χ0v) is 17.8. The van der Waals surface area contributed by atoms with Crippen molar-refractivity contribution < 1.29 is 19.1 Å². The van der Waals surface area contributed by atoms with E-state index in [1.807, 2.05) is 49.4 Å². The number of hydrogen-bond acceptors (Lipinski definition) is 5. The molecule has 0 saturated heterocycles. The summed E-state index contributed by atoms with van der Waals surface area (Å²) < 4.78 is 12.2. The number of carbonyl (C=O) groups excluding carboxylic acids is 2. The van der Waals surface area contributed by atoms with Crippen molar-refractivity contribution in [2.45, 2.75) is 44.8 Å². The maximum absolute atomic E-state index is 12.3. The second-order valence-electron chi connectivity index (χ2n) is 7.80. The van der Waals surface area contributed by atoms with E-state index in [0.717, 1.165) is 42.7 Å². The van der Waals surface area contributed by atoms with Gasteiger partial charge in [0.05, 0.1) is 11.5 Å². The van der Waals surface area contributed by atoms with Gasteiger partial charge in [0.25, 0.3) is 5.79 Å². The van der Waals surface area contributed by atoms with E-state index < -0.39 is 5.79 Å². The fraction of sp³-hybridized carbons (Fsp3) is 0.391. The first-order chi connectivity index (χ1) is 14.5. The summed E-state index contributed by atoms with van der Waals surface area (Å²) in [4.78, 5) is 24.3. The number of hydrogen-bond donors (Lipinski definition) is 2. The summed E-state index contributed by atoms with van der Waals surface area (Å²) in [6, 6.07) is 13.1. The highest BCUT2D eigenvalue weighted by Crippen LogP contribution is 2.46. The Balaban J connectivity index is 1.23. The van der Waals surface area contributed by atoms with Gasteiger partial charge in [0, 0.05) is 30.3 Å². The van der Waals surface area contributed by atoms with E-state index in [4.69, 9.17) is 9.47 Å². The molecule has 30 heavy (non-hydrogen) atoms. The third kappa shape index (κ3) is 5.08. The second kappa shape index (κ2) is 9.00. The third-order valence-electron chi connectivity index (χ3n) is 5.20. The van der Waals surface area contributed by atoms with Crippen molar-refractivity contribution in [1.82, 2.24) is 0 Å².